The lowest BCUT2D eigenvalue weighted by Gasteiger charge is -1.94. The molecule has 1 heterocycles. The molecule has 88 valence electrons. The highest BCUT2D eigenvalue weighted by molar-refractivity contribution is 8.15. The number of nitrogens with zero attached hydrogens (tertiary/aromatic N) is 2. The van der Waals surface area contributed by atoms with Crippen LogP contribution in [-0.4, -0.2) is 22.5 Å². The number of amides is 1. The normalized spacial score (nSPS) is 22.4. The van der Waals surface area contributed by atoms with Crippen LogP contribution in [-0.2, 0) is 4.79 Å². The van der Waals surface area contributed by atoms with Crippen molar-refractivity contribution in [1.29, 1.82) is 0 Å². The summed E-state index contributed by atoms with van der Waals surface area (Å²) in [5.74, 6) is -0.0401. The van der Waals surface area contributed by atoms with E-state index >= 15 is 0 Å². The molecule has 1 aliphatic heterocycles. The van der Waals surface area contributed by atoms with Crippen molar-refractivity contribution < 1.29 is 4.79 Å². The molecule has 0 spiro atoms. The molecule has 0 aromatic heterocycles. The second-order valence-electron chi connectivity index (χ2n) is 3.42. The fourth-order valence-electron chi connectivity index (χ4n) is 1.23. The average molecular weight is 268 g/mol. The summed E-state index contributed by atoms with van der Waals surface area (Å²) >= 11 is 7.31. The molecular formula is C11H10ClN3OS. The second-order valence-corrected chi connectivity index (χ2v) is 5.16. The summed E-state index contributed by atoms with van der Waals surface area (Å²) in [6, 6.07) is 7.34. The van der Waals surface area contributed by atoms with Crippen molar-refractivity contribution in [1.82, 2.24) is 5.32 Å². The van der Waals surface area contributed by atoms with Crippen molar-refractivity contribution >= 4 is 40.7 Å². The lowest BCUT2D eigenvalue weighted by atomic mass is 10.2. The van der Waals surface area contributed by atoms with E-state index in [-0.39, 0.29) is 11.2 Å². The molecule has 6 heteroatoms. The summed E-state index contributed by atoms with van der Waals surface area (Å²) in [6.07, 6.45) is 1.56. The van der Waals surface area contributed by atoms with Gasteiger partial charge in [-0.25, -0.2) is 0 Å². The average Bonchev–Trinajstić information content (AvgIpc) is 2.61. The lowest BCUT2D eigenvalue weighted by Crippen LogP contribution is -2.23. The highest BCUT2D eigenvalue weighted by atomic mass is 35.5. The van der Waals surface area contributed by atoms with E-state index in [1.54, 1.807) is 12.3 Å². The first-order chi connectivity index (χ1) is 8.16. The van der Waals surface area contributed by atoms with Gasteiger partial charge in [0.2, 0.25) is 5.91 Å². The molecule has 1 atom stereocenters. The van der Waals surface area contributed by atoms with Crippen molar-refractivity contribution in [3.8, 4) is 0 Å². The quantitative estimate of drug-likeness (QED) is 0.660. The Kier molecular flexibility index (Phi) is 3.81. The maximum Gasteiger partial charge on any atom is 0.239 e. The van der Waals surface area contributed by atoms with E-state index in [9.17, 15) is 4.79 Å². The standard InChI is InChI=1S/C11H10ClN3OS/c1-7-10(16)14-11(17-7)15-13-6-8-4-2-3-5-9(8)12/h2-7H,1H3,(H,14,15,16)/b13-6+. The van der Waals surface area contributed by atoms with Crippen molar-refractivity contribution in [2.45, 2.75) is 12.2 Å². The van der Waals surface area contributed by atoms with Crippen molar-refractivity contribution in [3.05, 3.63) is 34.9 Å². The minimum atomic E-state index is -0.107. The van der Waals surface area contributed by atoms with Gasteiger partial charge in [-0.3, -0.25) is 4.79 Å². The van der Waals surface area contributed by atoms with Crippen LogP contribution in [0.15, 0.2) is 34.5 Å². The number of halogens is 1. The Morgan fingerprint density at radius 3 is 2.88 bits per heavy atom. The van der Waals surface area contributed by atoms with E-state index < -0.39 is 0 Å². The van der Waals surface area contributed by atoms with Gasteiger partial charge >= 0.3 is 0 Å². The molecule has 17 heavy (non-hydrogen) atoms. The van der Waals surface area contributed by atoms with Crippen molar-refractivity contribution in [2.75, 3.05) is 0 Å². The molecule has 1 aromatic carbocycles. The molecule has 2 rings (SSSR count). The highest BCUT2D eigenvalue weighted by Crippen LogP contribution is 2.18. The molecule has 1 saturated heterocycles. The zero-order valence-corrected chi connectivity index (χ0v) is 10.6. The van der Waals surface area contributed by atoms with E-state index in [2.05, 4.69) is 15.5 Å². The van der Waals surface area contributed by atoms with Crippen LogP contribution in [0.4, 0.5) is 0 Å². The van der Waals surface area contributed by atoms with E-state index in [0.29, 0.717) is 10.2 Å². The molecule has 1 unspecified atom stereocenters. The number of amidine groups is 1. The molecule has 4 nitrogen and oxygen atoms in total. The van der Waals surface area contributed by atoms with Gasteiger partial charge in [0.25, 0.3) is 0 Å². The Morgan fingerprint density at radius 1 is 1.47 bits per heavy atom. The molecule has 0 radical (unpaired) electrons. The van der Waals surface area contributed by atoms with Crippen LogP contribution in [0.2, 0.25) is 5.02 Å². The van der Waals surface area contributed by atoms with Gasteiger partial charge in [0.05, 0.1) is 11.5 Å². The highest BCUT2D eigenvalue weighted by Gasteiger charge is 2.25. The van der Waals surface area contributed by atoms with Crippen LogP contribution in [0.25, 0.3) is 0 Å². The van der Waals surface area contributed by atoms with Crippen LogP contribution in [0.5, 0.6) is 0 Å². The molecule has 1 aromatic rings. The molecule has 1 fully saturated rings. The predicted octanol–water partition coefficient (Wildman–Crippen LogP) is 2.28. The zero-order chi connectivity index (χ0) is 12.3. The number of benzene rings is 1. The van der Waals surface area contributed by atoms with Gasteiger partial charge < -0.3 is 5.32 Å². The SMILES string of the molecule is CC1S/C(=N/N=C/c2ccccc2Cl)NC1=O. The summed E-state index contributed by atoms with van der Waals surface area (Å²) in [5.41, 5.74) is 0.792. The van der Waals surface area contributed by atoms with Crippen LogP contribution in [0.3, 0.4) is 0 Å². The number of hydrogen-bond donors (Lipinski definition) is 1. The smallest absolute Gasteiger partial charge is 0.239 e. The van der Waals surface area contributed by atoms with Gasteiger partial charge in [0.1, 0.15) is 0 Å². The number of carbonyl (C=O) groups excluding carboxylic acids is 1. The number of hydrogen-bond acceptors (Lipinski definition) is 4. The molecular weight excluding hydrogens is 258 g/mol. The van der Waals surface area contributed by atoms with Gasteiger partial charge in [0.15, 0.2) is 5.17 Å². The van der Waals surface area contributed by atoms with E-state index in [1.807, 2.05) is 25.1 Å². The third kappa shape index (κ3) is 3.08. The molecule has 1 N–H and O–H groups in total. The van der Waals surface area contributed by atoms with Crippen molar-refractivity contribution in [2.24, 2.45) is 10.2 Å². The summed E-state index contributed by atoms with van der Waals surface area (Å²) in [7, 11) is 0. The first-order valence-electron chi connectivity index (χ1n) is 5.00. The monoisotopic (exact) mass is 267 g/mol. The van der Waals surface area contributed by atoms with Crippen LogP contribution < -0.4 is 5.32 Å². The number of rotatable bonds is 2. The Morgan fingerprint density at radius 2 is 2.24 bits per heavy atom. The number of nitrogens with one attached hydrogen (secondary N) is 1. The summed E-state index contributed by atoms with van der Waals surface area (Å²) in [6.45, 7) is 1.82. The van der Waals surface area contributed by atoms with Gasteiger partial charge in [-0.05, 0) is 13.0 Å². The van der Waals surface area contributed by atoms with E-state index in [0.717, 1.165) is 5.56 Å². The topological polar surface area (TPSA) is 53.8 Å². The van der Waals surface area contributed by atoms with Crippen molar-refractivity contribution in [3.63, 3.8) is 0 Å². The van der Waals surface area contributed by atoms with Gasteiger partial charge in [-0.15, -0.1) is 5.10 Å². The first-order valence-corrected chi connectivity index (χ1v) is 6.25. The van der Waals surface area contributed by atoms with Crippen LogP contribution in [0, 0.1) is 0 Å². The molecule has 0 saturated carbocycles. The Labute approximate surface area is 108 Å². The van der Waals surface area contributed by atoms with Gasteiger partial charge in [-0.2, -0.15) is 5.10 Å². The van der Waals surface area contributed by atoms with Gasteiger partial charge in [-0.1, -0.05) is 41.6 Å². The summed E-state index contributed by atoms with van der Waals surface area (Å²) in [5, 5.41) is 11.5. The van der Waals surface area contributed by atoms with Crippen LogP contribution in [0.1, 0.15) is 12.5 Å². The maximum atomic E-state index is 11.2. The molecule has 0 aliphatic carbocycles. The molecule has 1 amide bonds. The third-order valence-electron chi connectivity index (χ3n) is 2.14. The Balaban J connectivity index is 2.06. The lowest BCUT2D eigenvalue weighted by molar-refractivity contribution is -0.118. The first kappa shape index (κ1) is 12.1. The number of carbonyl (C=O) groups is 1. The second kappa shape index (κ2) is 5.33. The van der Waals surface area contributed by atoms with Crippen LogP contribution >= 0.6 is 23.4 Å². The van der Waals surface area contributed by atoms with Gasteiger partial charge in [0, 0.05) is 10.6 Å². The zero-order valence-electron chi connectivity index (χ0n) is 9.05. The van der Waals surface area contributed by atoms with E-state index in [4.69, 9.17) is 11.6 Å². The minimum Gasteiger partial charge on any atom is -0.303 e. The fourth-order valence-corrected chi connectivity index (χ4v) is 2.17. The fraction of sp³-hybridized carbons (Fsp3) is 0.182. The number of thioether (sulfide) groups is 1. The summed E-state index contributed by atoms with van der Waals surface area (Å²) < 4.78 is 0. The molecule has 0 bridgehead atoms. The Bertz CT molecular complexity index is 501. The maximum absolute atomic E-state index is 11.2. The Hall–Kier alpha value is -1.33. The molecule has 1 aliphatic rings. The van der Waals surface area contributed by atoms with E-state index in [1.165, 1.54) is 11.8 Å². The third-order valence-corrected chi connectivity index (χ3v) is 3.46. The largest absolute Gasteiger partial charge is 0.303 e. The predicted molar refractivity (Wildman–Crippen MR) is 71.7 cm³/mol. The summed E-state index contributed by atoms with van der Waals surface area (Å²) in [4.78, 5) is 11.2. The minimum absolute atomic E-state index is 0.0401.